The molecule has 1 amide bonds. The summed E-state index contributed by atoms with van der Waals surface area (Å²) in [4.78, 5) is 17.7. The van der Waals surface area contributed by atoms with Crippen LogP contribution in [0, 0.1) is 0 Å². The monoisotopic (exact) mass is 338 g/mol. The van der Waals surface area contributed by atoms with Crippen molar-refractivity contribution in [3.8, 4) is 0 Å². The summed E-state index contributed by atoms with van der Waals surface area (Å²) in [6.45, 7) is 3.07. The van der Waals surface area contributed by atoms with Crippen molar-refractivity contribution in [3.63, 3.8) is 0 Å². The zero-order valence-electron chi connectivity index (χ0n) is 13.9. The zero-order valence-corrected chi connectivity index (χ0v) is 13.9. The van der Waals surface area contributed by atoms with E-state index in [4.69, 9.17) is 5.21 Å². The Morgan fingerprint density at radius 3 is 2.84 bits per heavy atom. The standard InChI is InChI=1S/C19H22N4O2/c24-19(22-25)9-8-16-6-7-17(12-20-16)21-18-10-11-23(14-18)13-15-4-2-1-3-5-15/h1-9,12,18,21,25H,10-11,13-14H2,(H,22,24)/t18-/m1/s1. The van der Waals surface area contributed by atoms with Crippen LogP contribution >= 0.6 is 0 Å². The zero-order chi connectivity index (χ0) is 17.5. The van der Waals surface area contributed by atoms with Gasteiger partial charge in [-0.2, -0.15) is 0 Å². The molecular weight excluding hydrogens is 316 g/mol. The first kappa shape index (κ1) is 17.1. The van der Waals surface area contributed by atoms with E-state index in [2.05, 4.69) is 39.5 Å². The first-order chi connectivity index (χ1) is 12.2. The minimum Gasteiger partial charge on any atom is -0.380 e. The van der Waals surface area contributed by atoms with Crippen molar-refractivity contribution in [3.05, 3.63) is 66.0 Å². The Balaban J connectivity index is 1.50. The van der Waals surface area contributed by atoms with Crippen LogP contribution in [0.3, 0.4) is 0 Å². The Morgan fingerprint density at radius 2 is 2.12 bits per heavy atom. The van der Waals surface area contributed by atoms with Crippen molar-refractivity contribution in [2.45, 2.75) is 19.0 Å². The molecule has 1 aromatic carbocycles. The third-order valence-electron chi connectivity index (χ3n) is 4.19. The molecule has 6 heteroatoms. The van der Waals surface area contributed by atoms with E-state index in [9.17, 15) is 4.79 Å². The number of rotatable bonds is 6. The molecule has 1 saturated heterocycles. The molecule has 1 aromatic heterocycles. The van der Waals surface area contributed by atoms with Gasteiger partial charge in [0.1, 0.15) is 0 Å². The molecule has 0 saturated carbocycles. The molecule has 0 radical (unpaired) electrons. The number of likely N-dealkylation sites (tertiary alicyclic amines) is 1. The number of aromatic nitrogens is 1. The Labute approximate surface area is 147 Å². The van der Waals surface area contributed by atoms with E-state index in [0.29, 0.717) is 11.7 Å². The van der Waals surface area contributed by atoms with Gasteiger partial charge >= 0.3 is 0 Å². The van der Waals surface area contributed by atoms with E-state index in [-0.39, 0.29) is 0 Å². The highest BCUT2D eigenvalue weighted by Gasteiger charge is 2.22. The first-order valence-electron chi connectivity index (χ1n) is 8.34. The number of benzene rings is 1. The Kier molecular flexibility index (Phi) is 5.77. The summed E-state index contributed by atoms with van der Waals surface area (Å²) in [6.07, 6.45) is 5.64. The lowest BCUT2D eigenvalue weighted by molar-refractivity contribution is -0.124. The van der Waals surface area contributed by atoms with Crippen LogP contribution in [-0.2, 0) is 11.3 Å². The highest BCUT2D eigenvalue weighted by molar-refractivity contribution is 5.90. The van der Waals surface area contributed by atoms with Gasteiger partial charge in [-0.1, -0.05) is 30.3 Å². The Morgan fingerprint density at radius 1 is 1.28 bits per heavy atom. The van der Waals surface area contributed by atoms with Gasteiger partial charge in [-0.3, -0.25) is 19.9 Å². The number of hydroxylamine groups is 1. The summed E-state index contributed by atoms with van der Waals surface area (Å²) in [5.41, 5.74) is 4.51. The van der Waals surface area contributed by atoms with Gasteiger partial charge in [-0.05, 0) is 30.2 Å². The molecule has 1 fully saturated rings. The molecule has 0 bridgehead atoms. The number of anilines is 1. The number of carbonyl (C=O) groups excluding carboxylic acids is 1. The lowest BCUT2D eigenvalue weighted by atomic mass is 10.2. The van der Waals surface area contributed by atoms with Gasteiger partial charge < -0.3 is 5.32 Å². The summed E-state index contributed by atoms with van der Waals surface area (Å²) >= 11 is 0. The summed E-state index contributed by atoms with van der Waals surface area (Å²) in [5, 5.41) is 12.0. The van der Waals surface area contributed by atoms with Crippen LogP contribution in [0.2, 0.25) is 0 Å². The van der Waals surface area contributed by atoms with Gasteiger partial charge in [-0.25, -0.2) is 5.48 Å². The van der Waals surface area contributed by atoms with Crippen LogP contribution in [0.1, 0.15) is 17.7 Å². The molecule has 1 aliphatic heterocycles. The molecule has 3 N–H and O–H groups in total. The van der Waals surface area contributed by atoms with Crippen LogP contribution in [0.4, 0.5) is 5.69 Å². The van der Waals surface area contributed by atoms with Crippen LogP contribution < -0.4 is 10.8 Å². The third kappa shape index (κ3) is 5.14. The van der Waals surface area contributed by atoms with Gasteiger partial charge in [0.2, 0.25) is 0 Å². The van der Waals surface area contributed by atoms with Gasteiger partial charge in [0.15, 0.2) is 0 Å². The van der Waals surface area contributed by atoms with Crippen LogP contribution in [0.15, 0.2) is 54.7 Å². The van der Waals surface area contributed by atoms with E-state index in [1.54, 1.807) is 17.8 Å². The normalized spacial score (nSPS) is 17.7. The molecule has 130 valence electrons. The molecule has 3 rings (SSSR count). The molecule has 0 spiro atoms. The average molecular weight is 338 g/mol. The van der Waals surface area contributed by atoms with Gasteiger partial charge in [0.25, 0.3) is 5.91 Å². The fourth-order valence-corrected chi connectivity index (χ4v) is 2.96. The number of nitrogens with zero attached hydrogens (tertiary/aromatic N) is 2. The van der Waals surface area contributed by atoms with Crippen LogP contribution in [-0.4, -0.2) is 40.1 Å². The van der Waals surface area contributed by atoms with E-state index < -0.39 is 5.91 Å². The second-order valence-corrected chi connectivity index (χ2v) is 6.13. The van der Waals surface area contributed by atoms with Crippen molar-refractivity contribution in [1.82, 2.24) is 15.4 Å². The Bertz CT molecular complexity index is 716. The fourth-order valence-electron chi connectivity index (χ4n) is 2.96. The molecule has 1 atom stereocenters. The van der Waals surface area contributed by atoms with Crippen molar-refractivity contribution < 1.29 is 10.0 Å². The van der Waals surface area contributed by atoms with E-state index in [1.807, 2.05) is 18.2 Å². The van der Waals surface area contributed by atoms with Crippen LogP contribution in [0.25, 0.3) is 6.08 Å². The lowest BCUT2D eigenvalue weighted by Gasteiger charge is -2.17. The smallest absolute Gasteiger partial charge is 0.267 e. The number of hydrogen-bond donors (Lipinski definition) is 3. The minimum atomic E-state index is -0.575. The maximum atomic E-state index is 11.0. The molecule has 6 nitrogen and oxygen atoms in total. The summed E-state index contributed by atoms with van der Waals surface area (Å²) in [5.74, 6) is -0.575. The lowest BCUT2D eigenvalue weighted by Crippen LogP contribution is -2.26. The molecule has 1 aliphatic rings. The van der Waals surface area contributed by atoms with Gasteiger partial charge in [0.05, 0.1) is 17.6 Å². The number of hydrogen-bond acceptors (Lipinski definition) is 5. The average Bonchev–Trinajstić information content (AvgIpc) is 3.08. The summed E-state index contributed by atoms with van der Waals surface area (Å²) in [6, 6.07) is 14.7. The molecule has 0 aliphatic carbocycles. The predicted molar refractivity (Wildman–Crippen MR) is 96.9 cm³/mol. The number of nitrogens with one attached hydrogen (secondary N) is 2. The summed E-state index contributed by atoms with van der Waals surface area (Å²) < 4.78 is 0. The highest BCUT2D eigenvalue weighted by atomic mass is 16.5. The largest absolute Gasteiger partial charge is 0.380 e. The molecule has 2 aromatic rings. The fraction of sp³-hybridized carbons (Fsp3) is 0.263. The molecular formula is C19H22N4O2. The van der Waals surface area contributed by atoms with Crippen molar-refractivity contribution in [1.29, 1.82) is 0 Å². The quantitative estimate of drug-likeness (QED) is 0.428. The number of carbonyl (C=O) groups is 1. The topological polar surface area (TPSA) is 77.5 Å². The second-order valence-electron chi connectivity index (χ2n) is 6.13. The minimum absolute atomic E-state index is 0.409. The predicted octanol–water partition coefficient (Wildman–Crippen LogP) is 2.29. The summed E-state index contributed by atoms with van der Waals surface area (Å²) in [7, 11) is 0. The van der Waals surface area contributed by atoms with Crippen molar-refractivity contribution in [2.75, 3.05) is 18.4 Å². The second kappa shape index (κ2) is 8.41. The number of pyridine rings is 1. The Hall–Kier alpha value is -2.70. The maximum absolute atomic E-state index is 11.0. The van der Waals surface area contributed by atoms with E-state index >= 15 is 0 Å². The molecule has 2 heterocycles. The number of amides is 1. The van der Waals surface area contributed by atoms with E-state index in [0.717, 1.165) is 31.7 Å². The van der Waals surface area contributed by atoms with Gasteiger partial charge in [-0.15, -0.1) is 0 Å². The third-order valence-corrected chi connectivity index (χ3v) is 4.19. The molecule has 0 unspecified atom stereocenters. The SMILES string of the molecule is O=C(C=Cc1ccc(N[C@@H]2CCN(Cc3ccccc3)C2)cn1)NO. The highest BCUT2D eigenvalue weighted by Crippen LogP contribution is 2.18. The van der Waals surface area contributed by atoms with Gasteiger partial charge in [0, 0.05) is 31.8 Å². The van der Waals surface area contributed by atoms with Crippen molar-refractivity contribution in [2.24, 2.45) is 0 Å². The van der Waals surface area contributed by atoms with Crippen molar-refractivity contribution >= 4 is 17.7 Å². The van der Waals surface area contributed by atoms with E-state index in [1.165, 1.54) is 11.6 Å². The van der Waals surface area contributed by atoms with Crippen LogP contribution in [0.5, 0.6) is 0 Å². The maximum Gasteiger partial charge on any atom is 0.267 e. The molecule has 25 heavy (non-hydrogen) atoms. The first-order valence-corrected chi connectivity index (χ1v) is 8.34.